The third-order valence-corrected chi connectivity index (χ3v) is 6.98. The van der Waals surface area contributed by atoms with Crippen molar-refractivity contribution in [2.45, 2.75) is 24.6 Å². The Balaban J connectivity index is 1.73. The van der Waals surface area contributed by atoms with E-state index in [9.17, 15) is 18.4 Å². The van der Waals surface area contributed by atoms with Gasteiger partial charge in [-0.15, -0.1) is 0 Å². The molecule has 0 radical (unpaired) electrons. The van der Waals surface area contributed by atoms with Crippen molar-refractivity contribution < 1.29 is 32.6 Å². The first kappa shape index (κ1) is 24.1. The van der Waals surface area contributed by atoms with Gasteiger partial charge in [-0.25, -0.2) is 23.0 Å². The summed E-state index contributed by atoms with van der Waals surface area (Å²) in [5.74, 6) is -2.15. The van der Waals surface area contributed by atoms with E-state index in [2.05, 4.69) is 15.6 Å². The zero-order chi connectivity index (χ0) is 24.3. The molecule has 4 rings (SSSR count). The van der Waals surface area contributed by atoms with Gasteiger partial charge in [0.05, 0.1) is 12.7 Å². The zero-order valence-corrected chi connectivity index (χ0v) is 18.7. The van der Waals surface area contributed by atoms with Crippen LogP contribution in [0.15, 0.2) is 47.5 Å². The van der Waals surface area contributed by atoms with Crippen molar-refractivity contribution in [2.24, 2.45) is 10.9 Å². The predicted octanol–water partition coefficient (Wildman–Crippen LogP) is 3.84. The number of benzene rings is 2. The molecule has 0 aliphatic carbocycles. The topological polar surface area (TPSA) is 100 Å². The molecule has 0 bridgehead atoms. The maximum absolute atomic E-state index is 15.1. The van der Waals surface area contributed by atoms with Gasteiger partial charge in [-0.05, 0) is 24.6 Å². The van der Waals surface area contributed by atoms with Crippen LogP contribution in [0.5, 0.6) is 0 Å². The van der Waals surface area contributed by atoms with Crippen molar-refractivity contribution in [2.75, 3.05) is 19.0 Å². The van der Waals surface area contributed by atoms with Crippen molar-refractivity contribution in [3.63, 3.8) is 0 Å². The van der Waals surface area contributed by atoms with Crippen molar-refractivity contribution in [1.29, 1.82) is 0 Å². The fourth-order valence-corrected chi connectivity index (χ4v) is 5.35. The number of ether oxygens (including phenoxy) is 1. The fourth-order valence-electron chi connectivity index (χ4n) is 4.19. The molecule has 0 unspecified atom stereocenters. The Bertz CT molecular complexity index is 1120. The molecule has 2 amide bonds. The number of aliphatic imine (C=N–C) groups is 1. The summed E-state index contributed by atoms with van der Waals surface area (Å²) in [7, 11) is 0. The van der Waals surface area contributed by atoms with Crippen LogP contribution in [0.3, 0.4) is 0 Å². The lowest BCUT2D eigenvalue weighted by Gasteiger charge is -2.46. The van der Waals surface area contributed by atoms with E-state index in [1.807, 2.05) is 0 Å². The van der Waals surface area contributed by atoms with Gasteiger partial charge in [0.25, 0.3) is 5.91 Å². The van der Waals surface area contributed by atoms with Crippen LogP contribution < -0.4 is 10.6 Å². The number of carboxylic acid groups (broad SMARTS) is 1. The number of amides is 2. The number of halogens is 3. The average Bonchev–Trinajstić information content (AvgIpc) is 2.83. The Morgan fingerprint density at radius 1 is 1.21 bits per heavy atom. The molecule has 2 aromatic carbocycles. The summed E-state index contributed by atoms with van der Waals surface area (Å²) in [5.41, 5.74) is -0.992. The summed E-state index contributed by atoms with van der Waals surface area (Å²) in [4.78, 5) is 28.2. The van der Waals surface area contributed by atoms with Crippen LogP contribution >= 0.6 is 11.8 Å². The SMILES string of the molecule is O=C(O)NCc1cc([C@]23CO[C@@H](CF)C[C@H]2CSC(NC(=O)c2ccccc2)=N3)c(F)cc1F. The lowest BCUT2D eigenvalue weighted by Crippen LogP contribution is -2.51. The Morgan fingerprint density at radius 2 is 1.97 bits per heavy atom. The summed E-state index contributed by atoms with van der Waals surface area (Å²) in [6.07, 6.45) is -1.77. The first-order valence-electron chi connectivity index (χ1n) is 10.5. The van der Waals surface area contributed by atoms with Gasteiger partial charge in [0.2, 0.25) is 0 Å². The number of carbonyl (C=O) groups is 2. The molecule has 1 fully saturated rings. The van der Waals surface area contributed by atoms with Crippen LogP contribution in [0.2, 0.25) is 0 Å². The molecule has 0 saturated carbocycles. The molecule has 0 aromatic heterocycles. The largest absolute Gasteiger partial charge is 0.465 e. The lowest BCUT2D eigenvalue weighted by molar-refractivity contribution is -0.0653. The van der Waals surface area contributed by atoms with Crippen LogP contribution in [0.25, 0.3) is 0 Å². The van der Waals surface area contributed by atoms with Gasteiger partial charge in [-0.2, -0.15) is 0 Å². The number of amidine groups is 1. The van der Waals surface area contributed by atoms with Gasteiger partial charge in [0, 0.05) is 41.0 Å². The van der Waals surface area contributed by atoms with Gasteiger partial charge in [-0.1, -0.05) is 30.0 Å². The van der Waals surface area contributed by atoms with E-state index in [1.165, 1.54) is 17.8 Å². The van der Waals surface area contributed by atoms with Crippen molar-refractivity contribution >= 4 is 28.9 Å². The van der Waals surface area contributed by atoms with Crippen molar-refractivity contribution in [1.82, 2.24) is 10.6 Å². The normalized spacial score (nSPS) is 24.0. The molecule has 2 heterocycles. The molecular formula is C23H22F3N3O4S. The standard InChI is InChI=1S/C23H22F3N3O4S/c24-9-16-7-15-11-34-21(28-20(30)13-4-2-1-3-5-13)29-23(15,12-33-16)17-6-14(10-27-22(31)32)18(25)8-19(17)26/h1-6,8,15-16,27H,7,9-12H2,(H,31,32)(H,28,29,30)/t15-,16+,23-/m0/s1. The maximum atomic E-state index is 15.1. The highest BCUT2D eigenvalue weighted by Gasteiger charge is 2.50. The second kappa shape index (κ2) is 10.1. The monoisotopic (exact) mass is 493 g/mol. The van der Waals surface area contributed by atoms with E-state index in [0.717, 1.165) is 0 Å². The summed E-state index contributed by atoms with van der Waals surface area (Å²) >= 11 is 1.26. The average molecular weight is 494 g/mol. The molecule has 0 spiro atoms. The number of nitrogens with zero attached hydrogens (tertiary/aromatic N) is 1. The summed E-state index contributed by atoms with van der Waals surface area (Å²) < 4.78 is 48.5. The molecule has 2 aliphatic rings. The van der Waals surface area contributed by atoms with Crippen molar-refractivity contribution in [3.05, 3.63) is 70.8 Å². The summed E-state index contributed by atoms with van der Waals surface area (Å²) in [6.45, 7) is -1.26. The number of hydrogen-bond acceptors (Lipinski definition) is 5. The molecule has 180 valence electrons. The molecule has 2 aromatic rings. The third-order valence-electron chi connectivity index (χ3n) is 5.95. The molecule has 11 heteroatoms. The second-order valence-corrected chi connectivity index (χ2v) is 9.08. The second-order valence-electron chi connectivity index (χ2n) is 8.07. The molecule has 34 heavy (non-hydrogen) atoms. The highest BCUT2D eigenvalue weighted by molar-refractivity contribution is 8.13. The molecule has 7 nitrogen and oxygen atoms in total. The molecule has 1 saturated heterocycles. The summed E-state index contributed by atoms with van der Waals surface area (Å²) in [6, 6.07) is 10.4. The van der Waals surface area contributed by atoms with Gasteiger partial charge in [0.15, 0.2) is 5.17 Å². The number of nitrogens with one attached hydrogen (secondary N) is 2. The Morgan fingerprint density at radius 3 is 2.68 bits per heavy atom. The molecule has 3 N–H and O–H groups in total. The highest BCUT2D eigenvalue weighted by atomic mass is 32.2. The Labute approximate surface area is 197 Å². The highest BCUT2D eigenvalue weighted by Crippen LogP contribution is 2.47. The quantitative estimate of drug-likeness (QED) is 0.588. The van der Waals surface area contributed by atoms with E-state index < -0.39 is 42.0 Å². The van der Waals surface area contributed by atoms with Gasteiger partial charge >= 0.3 is 6.09 Å². The van der Waals surface area contributed by atoms with E-state index in [1.54, 1.807) is 30.3 Å². The van der Waals surface area contributed by atoms with Crippen LogP contribution in [0.4, 0.5) is 18.0 Å². The van der Waals surface area contributed by atoms with Crippen molar-refractivity contribution in [3.8, 4) is 0 Å². The van der Waals surface area contributed by atoms with Gasteiger partial charge in [0.1, 0.15) is 23.8 Å². The van der Waals surface area contributed by atoms with Gasteiger partial charge < -0.3 is 20.5 Å². The predicted molar refractivity (Wildman–Crippen MR) is 121 cm³/mol. The minimum absolute atomic E-state index is 0.00478. The number of rotatable bonds is 5. The number of carbonyl (C=O) groups excluding carboxylic acids is 1. The zero-order valence-electron chi connectivity index (χ0n) is 17.9. The van der Waals surface area contributed by atoms with Crippen LogP contribution in [-0.4, -0.2) is 47.4 Å². The minimum Gasteiger partial charge on any atom is -0.465 e. The van der Waals surface area contributed by atoms with Crippen LogP contribution in [0, 0.1) is 17.6 Å². The number of alkyl halides is 1. The first-order chi connectivity index (χ1) is 16.3. The number of hydrogen-bond donors (Lipinski definition) is 3. The van der Waals surface area contributed by atoms with E-state index >= 15 is 4.39 Å². The smallest absolute Gasteiger partial charge is 0.404 e. The fraction of sp³-hybridized carbons (Fsp3) is 0.348. The Kier molecular flexibility index (Phi) is 7.13. The number of fused-ring (bicyclic) bond motifs is 1. The van der Waals surface area contributed by atoms with Crippen LogP contribution in [0.1, 0.15) is 27.9 Å². The third kappa shape index (κ3) is 4.90. The van der Waals surface area contributed by atoms with E-state index in [4.69, 9.17) is 9.84 Å². The first-order valence-corrected chi connectivity index (χ1v) is 11.5. The summed E-state index contributed by atoms with van der Waals surface area (Å²) in [5, 5.41) is 13.9. The van der Waals surface area contributed by atoms with Gasteiger partial charge in [-0.3, -0.25) is 4.79 Å². The van der Waals surface area contributed by atoms with E-state index in [0.29, 0.717) is 17.4 Å². The van der Waals surface area contributed by atoms with E-state index in [-0.39, 0.29) is 41.8 Å². The lowest BCUT2D eigenvalue weighted by atomic mass is 9.74. The number of thioether (sulfide) groups is 1. The molecular weight excluding hydrogens is 471 g/mol. The minimum atomic E-state index is -1.36. The maximum Gasteiger partial charge on any atom is 0.404 e. The van der Waals surface area contributed by atoms with Crippen LogP contribution in [-0.2, 0) is 16.8 Å². The molecule has 3 atom stereocenters. The molecule has 2 aliphatic heterocycles. The Hall–Kier alpha value is -3.05.